The molecule has 1 atom stereocenters. The molecule has 0 saturated heterocycles. The van der Waals surface area contributed by atoms with Gasteiger partial charge in [-0.05, 0) is 6.42 Å². The number of alkyl halides is 4. The molecule has 0 aromatic heterocycles. The minimum Gasteiger partial charge on any atom is -0.768 e. The van der Waals surface area contributed by atoms with Gasteiger partial charge in [-0.2, -0.15) is 17.6 Å². The second kappa shape index (κ2) is 10.5. The first-order chi connectivity index (χ1) is 9.75. The maximum absolute atomic E-state index is 13.0. The summed E-state index contributed by atoms with van der Waals surface area (Å²) < 4.78 is 76.3. The molecule has 0 heterocycles. The van der Waals surface area contributed by atoms with Gasteiger partial charge >= 0.3 is 11.2 Å². The second-order valence-corrected chi connectivity index (χ2v) is 5.92. The number of rotatable bonds is 13. The molecule has 8 heteroatoms. The van der Waals surface area contributed by atoms with Gasteiger partial charge < -0.3 is 9.29 Å². The maximum atomic E-state index is 13.0. The van der Waals surface area contributed by atoms with E-state index in [4.69, 9.17) is 4.74 Å². The first-order valence-corrected chi connectivity index (χ1v) is 8.26. The highest BCUT2D eigenvalue weighted by Crippen LogP contribution is 2.38. The summed E-state index contributed by atoms with van der Waals surface area (Å²) in [6.45, 7) is 1.75. The van der Waals surface area contributed by atoms with Crippen molar-refractivity contribution in [3.05, 3.63) is 0 Å². The highest BCUT2D eigenvalue weighted by Gasteiger charge is 2.57. The molecule has 0 spiro atoms. The van der Waals surface area contributed by atoms with Crippen LogP contribution in [0.1, 0.15) is 58.3 Å². The Morgan fingerprint density at radius 3 is 2.00 bits per heavy atom. The summed E-state index contributed by atoms with van der Waals surface area (Å²) in [6.07, 6.45) is 5.95. The first kappa shape index (κ1) is 20.8. The minimum absolute atomic E-state index is 0.218. The van der Waals surface area contributed by atoms with Crippen molar-refractivity contribution >= 4 is 11.1 Å². The molecule has 0 bridgehead atoms. The Morgan fingerprint density at radius 1 is 0.952 bits per heavy atom. The summed E-state index contributed by atoms with van der Waals surface area (Å²) in [5.74, 6) is -4.61. The zero-order chi connectivity index (χ0) is 16.4. The summed E-state index contributed by atoms with van der Waals surface area (Å²) in [7, 11) is 0. The van der Waals surface area contributed by atoms with Gasteiger partial charge in [0.2, 0.25) is 0 Å². The summed E-state index contributed by atoms with van der Waals surface area (Å²) in [6, 6.07) is 0. The fraction of sp³-hybridized carbons (Fsp3) is 1.00. The predicted octanol–water partition coefficient (Wildman–Crippen LogP) is 4.25. The van der Waals surface area contributed by atoms with Gasteiger partial charge in [0, 0.05) is 24.1 Å². The van der Waals surface area contributed by atoms with Gasteiger partial charge in [0.25, 0.3) is 0 Å². The van der Waals surface area contributed by atoms with Crippen molar-refractivity contribution < 1.29 is 31.1 Å². The molecule has 0 amide bonds. The van der Waals surface area contributed by atoms with Crippen LogP contribution in [0.3, 0.4) is 0 Å². The topological polar surface area (TPSA) is 49.4 Å². The predicted molar refractivity (Wildman–Crippen MR) is 72.2 cm³/mol. The lowest BCUT2D eigenvalue weighted by molar-refractivity contribution is -0.168. The monoisotopic (exact) mass is 335 g/mol. The third-order valence-electron chi connectivity index (χ3n) is 3.09. The zero-order valence-electron chi connectivity index (χ0n) is 12.2. The molecule has 0 aliphatic heterocycles. The molecule has 0 aliphatic carbocycles. The molecular weight excluding hydrogens is 312 g/mol. The Labute approximate surface area is 125 Å². The van der Waals surface area contributed by atoms with Crippen molar-refractivity contribution in [2.24, 2.45) is 0 Å². The Bertz CT molecular complexity index is 301. The molecule has 128 valence electrons. The third kappa shape index (κ3) is 8.11. The maximum Gasteiger partial charge on any atom is 0.371 e. The van der Waals surface area contributed by atoms with Gasteiger partial charge in [0.15, 0.2) is 0 Å². The lowest BCUT2D eigenvalue weighted by Gasteiger charge is -2.27. The van der Waals surface area contributed by atoms with Gasteiger partial charge in [0.05, 0.1) is 6.61 Å². The largest absolute Gasteiger partial charge is 0.768 e. The quantitative estimate of drug-likeness (QED) is 0.287. The van der Waals surface area contributed by atoms with Gasteiger partial charge in [-0.1, -0.05) is 45.4 Å². The van der Waals surface area contributed by atoms with E-state index in [0.717, 1.165) is 25.7 Å². The fourth-order valence-corrected chi connectivity index (χ4v) is 2.08. The Balaban J connectivity index is 3.65. The molecule has 0 aromatic carbocycles. The summed E-state index contributed by atoms with van der Waals surface area (Å²) in [5.41, 5.74) is 0. The molecule has 0 fully saturated rings. The van der Waals surface area contributed by atoms with Crippen LogP contribution in [0.15, 0.2) is 0 Å². The van der Waals surface area contributed by atoms with Crippen LogP contribution in [0.4, 0.5) is 17.6 Å². The Hall–Kier alpha value is -0.210. The van der Waals surface area contributed by atoms with Crippen molar-refractivity contribution in [2.45, 2.75) is 69.5 Å². The van der Waals surface area contributed by atoms with E-state index in [1.807, 2.05) is 0 Å². The fourth-order valence-electron chi connectivity index (χ4n) is 1.73. The number of hydrogen-bond acceptors (Lipinski definition) is 3. The van der Waals surface area contributed by atoms with E-state index in [0.29, 0.717) is 6.42 Å². The van der Waals surface area contributed by atoms with Crippen LogP contribution >= 0.6 is 0 Å². The molecule has 0 aliphatic rings. The smallest absolute Gasteiger partial charge is 0.371 e. The molecule has 0 aromatic rings. The lowest BCUT2D eigenvalue weighted by atomic mass is 10.1. The number of hydrogen-bond donors (Lipinski definition) is 0. The van der Waals surface area contributed by atoms with Crippen LogP contribution in [-0.2, 0) is 15.8 Å². The van der Waals surface area contributed by atoms with Crippen LogP contribution in [0, 0.1) is 0 Å². The van der Waals surface area contributed by atoms with E-state index >= 15 is 0 Å². The van der Waals surface area contributed by atoms with Gasteiger partial charge in [-0.25, -0.2) is 0 Å². The van der Waals surface area contributed by atoms with Crippen molar-refractivity contribution in [1.29, 1.82) is 0 Å². The SMILES string of the molecule is CCCCCCCCCOCCC(F)(F)C(F)(F)S(=O)[O-]. The number of halogens is 4. The van der Waals surface area contributed by atoms with Crippen molar-refractivity contribution in [3.8, 4) is 0 Å². The van der Waals surface area contributed by atoms with Crippen LogP contribution in [0.25, 0.3) is 0 Å². The standard InChI is InChI=1S/C13H24F4O3S/c1-2-3-4-5-6-7-8-10-20-11-9-12(14,15)13(16,17)21(18)19/h2-11H2,1H3,(H,18,19)/p-1. The van der Waals surface area contributed by atoms with E-state index in [1.165, 1.54) is 12.8 Å². The second-order valence-electron chi connectivity index (χ2n) is 4.94. The molecule has 0 rings (SSSR count). The van der Waals surface area contributed by atoms with Crippen LogP contribution in [0.2, 0.25) is 0 Å². The number of unbranched alkanes of at least 4 members (excludes halogenated alkanes) is 6. The van der Waals surface area contributed by atoms with Crippen LogP contribution in [-0.4, -0.2) is 33.2 Å². The zero-order valence-corrected chi connectivity index (χ0v) is 13.0. The van der Waals surface area contributed by atoms with E-state index < -0.39 is 35.3 Å². The minimum atomic E-state index is -5.06. The summed E-state index contributed by atoms with van der Waals surface area (Å²) in [4.78, 5) is 0. The summed E-state index contributed by atoms with van der Waals surface area (Å²) >= 11 is -4.15. The van der Waals surface area contributed by atoms with Gasteiger partial charge in [0.1, 0.15) is 0 Å². The molecule has 1 unspecified atom stereocenters. The normalized spacial score (nSPS) is 14.4. The van der Waals surface area contributed by atoms with Crippen LogP contribution in [0.5, 0.6) is 0 Å². The average molecular weight is 335 g/mol. The van der Waals surface area contributed by atoms with E-state index in [-0.39, 0.29) is 6.61 Å². The molecule has 3 nitrogen and oxygen atoms in total. The molecule has 0 radical (unpaired) electrons. The van der Waals surface area contributed by atoms with Crippen molar-refractivity contribution in [3.63, 3.8) is 0 Å². The molecule has 0 N–H and O–H groups in total. The average Bonchev–Trinajstić information content (AvgIpc) is 2.40. The first-order valence-electron chi connectivity index (χ1n) is 7.18. The number of ether oxygens (including phenoxy) is 1. The van der Waals surface area contributed by atoms with Crippen molar-refractivity contribution in [1.82, 2.24) is 0 Å². The van der Waals surface area contributed by atoms with Gasteiger partial charge in [-0.15, -0.1) is 0 Å². The Morgan fingerprint density at radius 2 is 1.48 bits per heavy atom. The Kier molecular flexibility index (Phi) is 10.4. The highest BCUT2D eigenvalue weighted by molar-refractivity contribution is 7.80. The van der Waals surface area contributed by atoms with Crippen LogP contribution < -0.4 is 0 Å². The molecule has 0 saturated carbocycles. The molecular formula is C13H23F4O3S-. The lowest BCUT2D eigenvalue weighted by Crippen LogP contribution is -2.44. The molecule has 21 heavy (non-hydrogen) atoms. The van der Waals surface area contributed by atoms with Crippen molar-refractivity contribution in [2.75, 3.05) is 13.2 Å². The highest BCUT2D eigenvalue weighted by atomic mass is 32.2. The van der Waals surface area contributed by atoms with E-state index in [1.54, 1.807) is 0 Å². The van der Waals surface area contributed by atoms with Gasteiger partial charge in [-0.3, -0.25) is 4.21 Å². The van der Waals surface area contributed by atoms with E-state index in [9.17, 15) is 26.3 Å². The third-order valence-corrected chi connectivity index (χ3v) is 3.81. The van der Waals surface area contributed by atoms with E-state index in [2.05, 4.69) is 6.92 Å². The summed E-state index contributed by atoms with van der Waals surface area (Å²) in [5, 5.41) is -5.06.